The lowest BCUT2D eigenvalue weighted by Gasteiger charge is -2.27. The zero-order chi connectivity index (χ0) is 13.3. The number of aryl methyl sites for hydroxylation is 2. The summed E-state index contributed by atoms with van der Waals surface area (Å²) in [7, 11) is 0. The second-order valence-electron chi connectivity index (χ2n) is 4.67. The molecule has 1 aromatic heterocycles. The van der Waals surface area contributed by atoms with Gasteiger partial charge in [-0.3, -0.25) is 4.79 Å². The van der Waals surface area contributed by atoms with Crippen molar-refractivity contribution in [2.75, 3.05) is 13.1 Å². The number of rotatable bonds is 1. The van der Waals surface area contributed by atoms with Crippen molar-refractivity contribution in [2.24, 2.45) is 5.16 Å². The van der Waals surface area contributed by atoms with Gasteiger partial charge in [0.15, 0.2) is 0 Å². The van der Waals surface area contributed by atoms with Crippen LogP contribution >= 0.6 is 0 Å². The number of carbonyl (C=O) groups is 1. The summed E-state index contributed by atoms with van der Waals surface area (Å²) in [6.45, 7) is 6.79. The van der Waals surface area contributed by atoms with Gasteiger partial charge in [-0.1, -0.05) is 5.16 Å². The summed E-state index contributed by atoms with van der Waals surface area (Å²) in [5.41, 5.74) is 2.35. The van der Waals surface area contributed by atoms with E-state index in [1.54, 1.807) is 4.90 Å². The Kier molecular flexibility index (Phi) is 3.41. The molecule has 2 heterocycles. The summed E-state index contributed by atoms with van der Waals surface area (Å²) in [6.07, 6.45) is 1.27. The van der Waals surface area contributed by atoms with Crippen LogP contribution in [-0.2, 0) is 0 Å². The Bertz CT molecular complexity index is 493. The average Bonchev–Trinajstić information content (AvgIpc) is 2.63. The van der Waals surface area contributed by atoms with Crippen LogP contribution in [0.4, 0.5) is 0 Å². The number of piperidine rings is 1. The fraction of sp³-hybridized carbons (Fsp3) is 0.538. The van der Waals surface area contributed by atoms with E-state index in [0.717, 1.165) is 17.0 Å². The highest BCUT2D eigenvalue weighted by Gasteiger charge is 2.26. The molecule has 18 heavy (non-hydrogen) atoms. The van der Waals surface area contributed by atoms with Gasteiger partial charge in [-0.05, 0) is 20.8 Å². The third-order valence-corrected chi connectivity index (χ3v) is 3.54. The van der Waals surface area contributed by atoms with E-state index in [0.29, 0.717) is 37.3 Å². The number of carbonyl (C=O) groups excluding carboxylic acids is 1. The van der Waals surface area contributed by atoms with Gasteiger partial charge in [0.1, 0.15) is 11.5 Å². The molecule has 0 atom stereocenters. The van der Waals surface area contributed by atoms with Crippen LogP contribution < -0.4 is 0 Å². The van der Waals surface area contributed by atoms with E-state index in [4.69, 9.17) is 9.62 Å². The van der Waals surface area contributed by atoms with Gasteiger partial charge in [0.25, 0.3) is 5.91 Å². The highest BCUT2D eigenvalue weighted by molar-refractivity contribution is 5.98. The van der Waals surface area contributed by atoms with Crippen LogP contribution in [0.25, 0.3) is 0 Å². The lowest BCUT2D eigenvalue weighted by molar-refractivity contribution is 0.0751. The summed E-state index contributed by atoms with van der Waals surface area (Å²) in [5, 5.41) is 11.9. The molecular weight excluding hydrogens is 232 g/mol. The van der Waals surface area contributed by atoms with E-state index in [2.05, 4.69) is 5.16 Å². The average molecular weight is 250 g/mol. The van der Waals surface area contributed by atoms with E-state index < -0.39 is 0 Å². The first-order valence-electron chi connectivity index (χ1n) is 6.10. The number of furan rings is 1. The highest BCUT2D eigenvalue weighted by atomic mass is 16.4. The quantitative estimate of drug-likeness (QED) is 0.614. The fourth-order valence-corrected chi connectivity index (χ4v) is 2.33. The first kappa shape index (κ1) is 12.7. The van der Waals surface area contributed by atoms with E-state index in [1.165, 1.54) is 0 Å². The van der Waals surface area contributed by atoms with Crippen molar-refractivity contribution in [1.29, 1.82) is 0 Å². The molecule has 0 saturated carbocycles. The minimum Gasteiger partial charge on any atom is -0.466 e. The minimum atomic E-state index is 0.0128. The molecule has 1 aromatic rings. The molecule has 1 N–H and O–H groups in total. The van der Waals surface area contributed by atoms with Gasteiger partial charge in [0.05, 0.1) is 11.3 Å². The minimum absolute atomic E-state index is 0.0128. The Morgan fingerprint density at radius 3 is 2.28 bits per heavy atom. The predicted molar refractivity (Wildman–Crippen MR) is 67.3 cm³/mol. The molecule has 5 heteroatoms. The van der Waals surface area contributed by atoms with Crippen molar-refractivity contribution in [3.05, 3.63) is 22.6 Å². The van der Waals surface area contributed by atoms with Crippen molar-refractivity contribution in [1.82, 2.24) is 4.90 Å². The third-order valence-electron chi connectivity index (χ3n) is 3.54. The lowest BCUT2D eigenvalue weighted by atomic mass is 10.1. The van der Waals surface area contributed by atoms with E-state index in [-0.39, 0.29) is 5.91 Å². The van der Waals surface area contributed by atoms with Crippen LogP contribution in [0.1, 0.15) is 40.3 Å². The molecule has 1 saturated heterocycles. The number of oxime groups is 1. The molecule has 98 valence electrons. The zero-order valence-corrected chi connectivity index (χ0v) is 11.0. The summed E-state index contributed by atoms with van der Waals surface area (Å²) in [6, 6.07) is 0. The van der Waals surface area contributed by atoms with Gasteiger partial charge in [-0.15, -0.1) is 0 Å². The van der Waals surface area contributed by atoms with Gasteiger partial charge in [-0.2, -0.15) is 0 Å². The number of hydrogen-bond acceptors (Lipinski definition) is 4. The molecule has 0 aromatic carbocycles. The van der Waals surface area contributed by atoms with E-state index in [9.17, 15) is 4.79 Å². The Balaban J connectivity index is 2.17. The Labute approximate surface area is 106 Å². The van der Waals surface area contributed by atoms with Crippen molar-refractivity contribution in [3.8, 4) is 0 Å². The Morgan fingerprint density at radius 1 is 1.22 bits per heavy atom. The molecule has 0 unspecified atom stereocenters. The molecule has 0 radical (unpaired) electrons. The lowest BCUT2D eigenvalue weighted by Crippen LogP contribution is -2.39. The molecule has 5 nitrogen and oxygen atoms in total. The predicted octanol–water partition coefficient (Wildman–Crippen LogP) is 2.27. The van der Waals surface area contributed by atoms with Gasteiger partial charge < -0.3 is 14.5 Å². The standard InChI is InChI=1S/C13H18N2O3/c1-8-9(2)18-10(3)12(8)13(16)15-6-4-11(14-17)5-7-15/h17H,4-7H2,1-3H3. The normalized spacial score (nSPS) is 15.9. The summed E-state index contributed by atoms with van der Waals surface area (Å²) >= 11 is 0. The monoisotopic (exact) mass is 250 g/mol. The second-order valence-corrected chi connectivity index (χ2v) is 4.67. The summed E-state index contributed by atoms with van der Waals surface area (Å²) < 4.78 is 5.49. The maximum Gasteiger partial charge on any atom is 0.257 e. The van der Waals surface area contributed by atoms with Crippen molar-refractivity contribution < 1.29 is 14.4 Å². The van der Waals surface area contributed by atoms with Gasteiger partial charge in [-0.25, -0.2) is 0 Å². The fourth-order valence-electron chi connectivity index (χ4n) is 2.33. The number of likely N-dealkylation sites (tertiary alicyclic amines) is 1. The van der Waals surface area contributed by atoms with Crippen LogP contribution in [0.5, 0.6) is 0 Å². The molecule has 0 aliphatic carbocycles. The van der Waals surface area contributed by atoms with Gasteiger partial charge in [0, 0.05) is 31.5 Å². The van der Waals surface area contributed by atoms with Crippen LogP contribution in [0.2, 0.25) is 0 Å². The van der Waals surface area contributed by atoms with Crippen molar-refractivity contribution in [2.45, 2.75) is 33.6 Å². The SMILES string of the molecule is Cc1oc(C)c(C(=O)N2CCC(=NO)CC2)c1C. The largest absolute Gasteiger partial charge is 0.466 e. The third kappa shape index (κ3) is 2.12. The molecular formula is C13H18N2O3. The highest BCUT2D eigenvalue weighted by Crippen LogP contribution is 2.23. The summed E-state index contributed by atoms with van der Waals surface area (Å²) in [4.78, 5) is 14.2. The molecule has 1 fully saturated rings. The summed E-state index contributed by atoms with van der Waals surface area (Å²) in [5.74, 6) is 1.49. The number of nitrogens with zero attached hydrogens (tertiary/aromatic N) is 2. The molecule has 2 rings (SSSR count). The maximum atomic E-state index is 12.4. The van der Waals surface area contributed by atoms with Crippen LogP contribution in [0, 0.1) is 20.8 Å². The number of hydrogen-bond donors (Lipinski definition) is 1. The van der Waals surface area contributed by atoms with Gasteiger partial charge >= 0.3 is 0 Å². The smallest absolute Gasteiger partial charge is 0.257 e. The van der Waals surface area contributed by atoms with Crippen LogP contribution in [-0.4, -0.2) is 34.8 Å². The molecule has 1 amide bonds. The van der Waals surface area contributed by atoms with Gasteiger partial charge in [0.2, 0.25) is 0 Å². The van der Waals surface area contributed by atoms with Crippen molar-refractivity contribution in [3.63, 3.8) is 0 Å². The zero-order valence-electron chi connectivity index (χ0n) is 11.0. The molecule has 1 aliphatic rings. The molecule has 1 aliphatic heterocycles. The van der Waals surface area contributed by atoms with E-state index in [1.807, 2.05) is 20.8 Å². The van der Waals surface area contributed by atoms with Crippen LogP contribution in [0.15, 0.2) is 9.57 Å². The van der Waals surface area contributed by atoms with E-state index >= 15 is 0 Å². The molecule has 0 spiro atoms. The first-order valence-corrected chi connectivity index (χ1v) is 6.10. The number of amides is 1. The Morgan fingerprint density at radius 2 is 1.83 bits per heavy atom. The van der Waals surface area contributed by atoms with Crippen LogP contribution in [0.3, 0.4) is 0 Å². The maximum absolute atomic E-state index is 12.4. The second kappa shape index (κ2) is 4.84. The molecule has 0 bridgehead atoms. The van der Waals surface area contributed by atoms with Crippen molar-refractivity contribution >= 4 is 11.6 Å². The Hall–Kier alpha value is -1.78. The topological polar surface area (TPSA) is 66.0 Å². The first-order chi connectivity index (χ1) is 8.54.